The second-order valence-electron chi connectivity index (χ2n) is 7.08. The Kier molecular flexibility index (Phi) is 4.08. The quantitative estimate of drug-likeness (QED) is 0.667. The predicted octanol–water partition coefficient (Wildman–Crippen LogP) is 2.07. The molecule has 0 aliphatic carbocycles. The van der Waals surface area contributed by atoms with E-state index in [4.69, 9.17) is 4.74 Å². The Morgan fingerprint density at radius 2 is 1.59 bits per heavy atom. The number of ether oxygens (including phenoxy) is 1. The van der Waals surface area contributed by atoms with Gasteiger partial charge in [0, 0.05) is 6.04 Å². The lowest BCUT2D eigenvalue weighted by molar-refractivity contribution is -0.151. The number of para-hydroxylation sites is 1. The number of hydrogen-bond donors (Lipinski definition) is 1. The molecule has 0 spiro atoms. The minimum absolute atomic E-state index is 0.301. The number of carbonyl (C=O) groups is 3. The van der Waals surface area contributed by atoms with Crippen LogP contribution >= 0.6 is 0 Å². The van der Waals surface area contributed by atoms with Crippen molar-refractivity contribution in [1.82, 2.24) is 5.32 Å². The van der Waals surface area contributed by atoms with Crippen LogP contribution in [0.3, 0.4) is 0 Å². The van der Waals surface area contributed by atoms with E-state index in [-0.39, 0.29) is 11.8 Å². The molecule has 2 fully saturated rings. The standard InChI is InChI=1S/C21H20N2O4/c1-21(20(26)27-2)16-15(17(22-21)13-9-5-3-6-10-13)18(24)23(19(16)25)14-11-7-4-8-12-14/h3-12,15-17,22H,1-2H3/t15-,16-,17-,21-/m0/s1. The smallest absolute Gasteiger partial charge is 0.326 e. The molecular weight excluding hydrogens is 344 g/mol. The van der Waals surface area contributed by atoms with Crippen LogP contribution in [0.15, 0.2) is 60.7 Å². The van der Waals surface area contributed by atoms with Crippen LogP contribution in [0.2, 0.25) is 0 Å². The number of amides is 2. The number of hydrogen-bond acceptors (Lipinski definition) is 5. The molecule has 2 amide bonds. The van der Waals surface area contributed by atoms with Gasteiger partial charge in [-0.1, -0.05) is 48.5 Å². The van der Waals surface area contributed by atoms with E-state index < -0.39 is 29.4 Å². The van der Waals surface area contributed by atoms with Gasteiger partial charge >= 0.3 is 5.97 Å². The summed E-state index contributed by atoms with van der Waals surface area (Å²) in [5, 5.41) is 3.23. The molecule has 2 heterocycles. The molecule has 0 unspecified atom stereocenters. The molecule has 0 aromatic heterocycles. The fraction of sp³-hybridized carbons (Fsp3) is 0.286. The van der Waals surface area contributed by atoms with E-state index in [1.165, 1.54) is 12.0 Å². The van der Waals surface area contributed by atoms with Gasteiger partial charge in [0.2, 0.25) is 11.8 Å². The molecule has 2 aliphatic rings. The Labute approximate surface area is 157 Å². The van der Waals surface area contributed by atoms with Crippen molar-refractivity contribution in [2.75, 3.05) is 12.0 Å². The largest absolute Gasteiger partial charge is 0.468 e. The van der Waals surface area contributed by atoms with Gasteiger partial charge in [0.15, 0.2) is 0 Å². The highest BCUT2D eigenvalue weighted by molar-refractivity contribution is 6.24. The van der Waals surface area contributed by atoms with Crippen LogP contribution in [0, 0.1) is 11.8 Å². The number of methoxy groups -OCH3 is 1. The minimum Gasteiger partial charge on any atom is -0.468 e. The minimum atomic E-state index is -1.28. The molecule has 0 radical (unpaired) electrons. The van der Waals surface area contributed by atoms with Gasteiger partial charge < -0.3 is 4.74 Å². The van der Waals surface area contributed by atoms with E-state index in [0.29, 0.717) is 5.69 Å². The first-order chi connectivity index (χ1) is 13.0. The molecule has 4 rings (SSSR count). The van der Waals surface area contributed by atoms with Crippen LogP contribution in [0.4, 0.5) is 5.69 Å². The molecule has 6 nitrogen and oxygen atoms in total. The summed E-state index contributed by atoms with van der Waals surface area (Å²) in [7, 11) is 1.29. The zero-order valence-electron chi connectivity index (χ0n) is 15.1. The first kappa shape index (κ1) is 17.4. The van der Waals surface area contributed by atoms with E-state index in [1.54, 1.807) is 31.2 Å². The van der Waals surface area contributed by atoms with Gasteiger partial charge in [0.1, 0.15) is 5.54 Å². The number of rotatable bonds is 3. The van der Waals surface area contributed by atoms with Crippen molar-refractivity contribution in [2.45, 2.75) is 18.5 Å². The first-order valence-corrected chi connectivity index (χ1v) is 8.83. The molecule has 4 atom stereocenters. The summed E-state index contributed by atoms with van der Waals surface area (Å²) in [5.41, 5.74) is 0.0908. The summed E-state index contributed by atoms with van der Waals surface area (Å²) in [5.74, 6) is -2.74. The molecule has 2 aromatic rings. The average molecular weight is 364 g/mol. The van der Waals surface area contributed by atoms with Crippen LogP contribution in [0.5, 0.6) is 0 Å². The van der Waals surface area contributed by atoms with E-state index in [0.717, 1.165) is 5.56 Å². The molecule has 1 N–H and O–H groups in total. The zero-order valence-corrected chi connectivity index (χ0v) is 15.1. The summed E-state index contributed by atoms with van der Waals surface area (Å²) >= 11 is 0. The van der Waals surface area contributed by atoms with Gasteiger partial charge in [0.25, 0.3) is 0 Å². The van der Waals surface area contributed by atoms with Gasteiger partial charge in [-0.2, -0.15) is 0 Å². The fourth-order valence-electron chi connectivity index (χ4n) is 4.32. The Morgan fingerprint density at radius 1 is 1.00 bits per heavy atom. The lowest BCUT2D eigenvalue weighted by Crippen LogP contribution is -2.54. The van der Waals surface area contributed by atoms with Crippen molar-refractivity contribution in [3.63, 3.8) is 0 Å². The maximum absolute atomic E-state index is 13.3. The molecule has 0 saturated carbocycles. The highest BCUT2D eigenvalue weighted by Crippen LogP contribution is 2.49. The third-order valence-corrected chi connectivity index (χ3v) is 5.57. The Hall–Kier alpha value is -2.99. The van der Waals surface area contributed by atoms with Gasteiger partial charge in [-0.25, -0.2) is 4.90 Å². The lowest BCUT2D eigenvalue weighted by atomic mass is 9.80. The summed E-state index contributed by atoms with van der Waals surface area (Å²) in [4.78, 5) is 40.3. The topological polar surface area (TPSA) is 75.7 Å². The van der Waals surface area contributed by atoms with Gasteiger partial charge in [-0.15, -0.1) is 0 Å². The number of fused-ring (bicyclic) bond motifs is 1. The van der Waals surface area contributed by atoms with E-state index >= 15 is 0 Å². The second kappa shape index (κ2) is 6.32. The fourth-order valence-corrected chi connectivity index (χ4v) is 4.32. The molecule has 27 heavy (non-hydrogen) atoms. The number of anilines is 1. The average Bonchev–Trinajstić information content (AvgIpc) is 3.16. The number of imide groups is 1. The molecular formula is C21H20N2O4. The first-order valence-electron chi connectivity index (χ1n) is 8.83. The van der Waals surface area contributed by atoms with Gasteiger partial charge in [-0.05, 0) is 24.6 Å². The Bertz CT molecular complexity index is 899. The Balaban J connectivity index is 1.83. The highest BCUT2D eigenvalue weighted by Gasteiger charge is 2.67. The highest BCUT2D eigenvalue weighted by atomic mass is 16.5. The number of nitrogens with one attached hydrogen (secondary N) is 1. The monoisotopic (exact) mass is 364 g/mol. The normalized spacial score (nSPS) is 29.7. The number of esters is 1. The van der Waals surface area contributed by atoms with Crippen LogP contribution in [-0.4, -0.2) is 30.4 Å². The van der Waals surface area contributed by atoms with Crippen molar-refractivity contribution in [2.24, 2.45) is 11.8 Å². The number of nitrogens with zero attached hydrogens (tertiary/aromatic N) is 1. The van der Waals surface area contributed by atoms with E-state index in [2.05, 4.69) is 5.32 Å². The lowest BCUT2D eigenvalue weighted by Gasteiger charge is -2.28. The van der Waals surface area contributed by atoms with E-state index in [1.807, 2.05) is 36.4 Å². The van der Waals surface area contributed by atoms with E-state index in [9.17, 15) is 14.4 Å². The maximum atomic E-state index is 13.3. The second-order valence-corrected chi connectivity index (χ2v) is 7.08. The number of carbonyl (C=O) groups excluding carboxylic acids is 3. The molecule has 0 bridgehead atoms. The SMILES string of the molecule is COC(=O)[C@@]1(C)N[C@@H](c2ccccc2)[C@H]2C(=O)N(c3ccccc3)C(=O)[C@H]21. The summed E-state index contributed by atoms with van der Waals surface area (Å²) in [6.07, 6.45) is 0. The van der Waals surface area contributed by atoms with Gasteiger partial charge in [-0.3, -0.25) is 19.7 Å². The maximum Gasteiger partial charge on any atom is 0.326 e. The van der Waals surface area contributed by atoms with Crippen LogP contribution in [0.25, 0.3) is 0 Å². The summed E-state index contributed by atoms with van der Waals surface area (Å²) in [6.45, 7) is 1.64. The zero-order chi connectivity index (χ0) is 19.2. The molecule has 2 aromatic carbocycles. The van der Waals surface area contributed by atoms with Crippen molar-refractivity contribution >= 4 is 23.5 Å². The Morgan fingerprint density at radius 3 is 2.19 bits per heavy atom. The van der Waals surface area contributed by atoms with Crippen LogP contribution < -0.4 is 10.2 Å². The van der Waals surface area contributed by atoms with Crippen LogP contribution in [-0.2, 0) is 19.1 Å². The third kappa shape index (κ3) is 2.48. The third-order valence-electron chi connectivity index (χ3n) is 5.57. The van der Waals surface area contributed by atoms with Crippen LogP contribution in [0.1, 0.15) is 18.5 Å². The van der Waals surface area contributed by atoms with Gasteiger partial charge in [0.05, 0.1) is 24.6 Å². The van der Waals surface area contributed by atoms with Crippen molar-refractivity contribution < 1.29 is 19.1 Å². The summed E-state index contributed by atoms with van der Waals surface area (Å²) < 4.78 is 4.97. The molecule has 138 valence electrons. The number of benzene rings is 2. The van der Waals surface area contributed by atoms with Crippen molar-refractivity contribution in [1.29, 1.82) is 0 Å². The predicted molar refractivity (Wildman–Crippen MR) is 98.7 cm³/mol. The molecule has 6 heteroatoms. The molecule has 2 aliphatic heterocycles. The van der Waals surface area contributed by atoms with Crippen molar-refractivity contribution in [3.05, 3.63) is 66.2 Å². The summed E-state index contributed by atoms with van der Waals surface area (Å²) in [6, 6.07) is 17.8. The van der Waals surface area contributed by atoms with Crippen molar-refractivity contribution in [3.8, 4) is 0 Å². The molecule has 2 saturated heterocycles.